The van der Waals surface area contributed by atoms with Crippen LogP contribution in [0.1, 0.15) is 66.7 Å². The van der Waals surface area contributed by atoms with Gasteiger partial charge in [-0.3, -0.25) is 0 Å². The van der Waals surface area contributed by atoms with Crippen molar-refractivity contribution in [2.75, 3.05) is 4.43 Å². The summed E-state index contributed by atoms with van der Waals surface area (Å²) < 4.78 is 8.23. The quantitative estimate of drug-likeness (QED) is 0.182. The van der Waals surface area contributed by atoms with Gasteiger partial charge in [-0.25, -0.2) is 0 Å². The minimum atomic E-state index is -1.64. The molecule has 2 aliphatic carbocycles. The molecule has 2 aliphatic rings. The zero-order valence-electron chi connectivity index (χ0n) is 17.3. The van der Waals surface area contributed by atoms with Gasteiger partial charge in [-0.1, -0.05) is 63.6 Å². The van der Waals surface area contributed by atoms with Crippen molar-refractivity contribution in [3.05, 3.63) is 13.2 Å². The summed E-state index contributed by atoms with van der Waals surface area (Å²) in [4.78, 5) is 0. The van der Waals surface area contributed by atoms with E-state index in [-0.39, 0.29) is 0 Å². The van der Waals surface area contributed by atoms with Crippen molar-refractivity contribution in [3.63, 3.8) is 0 Å². The molecule has 0 radical (unpaired) electrons. The zero-order valence-corrected chi connectivity index (χ0v) is 20.4. The Kier molecular flexibility index (Phi) is 8.09. The summed E-state index contributed by atoms with van der Waals surface area (Å²) in [5.41, 5.74) is 0.538. The topological polar surface area (TPSA) is 9.23 Å². The molecule has 1 nitrogen and oxygen atoms in total. The van der Waals surface area contributed by atoms with Crippen molar-refractivity contribution >= 4 is 30.9 Å². The van der Waals surface area contributed by atoms with Gasteiger partial charge < -0.3 is 4.43 Å². The van der Waals surface area contributed by atoms with Crippen LogP contribution in [0.4, 0.5) is 0 Å². The Hall–Kier alpha value is 0.647. The maximum Gasteiger partial charge on any atom is 0.192 e. The number of halogens is 1. The molecule has 0 spiro atoms. The Bertz CT molecular complexity index is 403. The molecule has 2 fully saturated rings. The van der Waals surface area contributed by atoms with Gasteiger partial charge in [0.2, 0.25) is 0 Å². The van der Waals surface area contributed by atoms with Crippen molar-refractivity contribution in [2.45, 2.75) is 91.0 Å². The van der Waals surface area contributed by atoms with Crippen LogP contribution in [0.25, 0.3) is 0 Å². The van der Waals surface area contributed by atoms with Gasteiger partial charge >= 0.3 is 0 Å². The summed E-state index contributed by atoms with van der Waals surface area (Å²) in [6, 6.07) is 0. The van der Waals surface area contributed by atoms with E-state index in [9.17, 15) is 0 Å². The smallest absolute Gasteiger partial charge is 0.192 e. The summed E-state index contributed by atoms with van der Waals surface area (Å²) in [5.74, 6) is 2.59. The Labute approximate surface area is 166 Å². The molecule has 0 aromatic rings. The number of hydrogen-bond acceptors (Lipinski definition) is 1. The van der Waals surface area contributed by atoms with Gasteiger partial charge in [0.15, 0.2) is 8.32 Å². The third-order valence-corrected chi connectivity index (χ3v) is 13.2. The normalized spacial score (nSPS) is 34.9. The molecule has 0 saturated heterocycles. The van der Waals surface area contributed by atoms with Crippen LogP contribution in [0.3, 0.4) is 0 Å². The Morgan fingerprint density at radius 2 is 1.79 bits per heavy atom. The molecule has 2 rings (SSSR count). The molecule has 24 heavy (non-hydrogen) atoms. The maximum atomic E-state index is 6.92. The van der Waals surface area contributed by atoms with Crippen molar-refractivity contribution in [2.24, 2.45) is 23.2 Å². The SMILES string of the molecule is C=C.C[C@@H](CI)[C@H]1CC[C@H]2C(O[Si](C)(C)C(C)(C)C)CCC[C@]12C. The van der Waals surface area contributed by atoms with E-state index in [2.05, 4.69) is 83.5 Å². The second kappa shape index (κ2) is 8.56. The molecule has 0 amide bonds. The van der Waals surface area contributed by atoms with Crippen molar-refractivity contribution < 1.29 is 4.43 Å². The largest absolute Gasteiger partial charge is 0.414 e. The highest BCUT2D eigenvalue weighted by Gasteiger charge is 2.54. The van der Waals surface area contributed by atoms with Gasteiger partial charge in [-0.05, 0) is 67.0 Å². The van der Waals surface area contributed by atoms with E-state index in [0.717, 1.165) is 17.8 Å². The van der Waals surface area contributed by atoms with E-state index in [0.29, 0.717) is 16.6 Å². The van der Waals surface area contributed by atoms with Gasteiger partial charge in [0.1, 0.15) is 0 Å². The second-order valence-electron chi connectivity index (χ2n) is 9.74. The molecule has 0 aromatic heterocycles. The Morgan fingerprint density at radius 3 is 2.29 bits per heavy atom. The highest BCUT2D eigenvalue weighted by atomic mass is 127. The molecule has 2 saturated carbocycles. The zero-order chi connectivity index (χ0) is 18.8. The fourth-order valence-corrected chi connectivity index (χ4v) is 6.90. The van der Waals surface area contributed by atoms with Gasteiger partial charge in [0, 0.05) is 10.5 Å². The number of rotatable bonds is 4. The summed E-state index contributed by atoms with van der Waals surface area (Å²) in [6.07, 6.45) is 7.48. The van der Waals surface area contributed by atoms with E-state index in [1.807, 2.05) is 0 Å². The molecule has 142 valence electrons. The first kappa shape index (κ1) is 22.7. The van der Waals surface area contributed by atoms with Crippen molar-refractivity contribution in [1.82, 2.24) is 0 Å². The first-order valence-electron chi connectivity index (χ1n) is 9.77. The Morgan fingerprint density at radius 1 is 1.21 bits per heavy atom. The van der Waals surface area contributed by atoms with E-state index < -0.39 is 8.32 Å². The molecule has 0 bridgehead atoms. The fraction of sp³-hybridized carbons (Fsp3) is 0.905. The third-order valence-electron chi connectivity index (χ3n) is 7.32. The van der Waals surface area contributed by atoms with Crippen LogP contribution in [0.5, 0.6) is 0 Å². The lowest BCUT2D eigenvalue weighted by Crippen LogP contribution is -2.50. The number of fused-ring (bicyclic) bond motifs is 1. The molecular weight excluding hydrogens is 423 g/mol. The third kappa shape index (κ3) is 4.48. The van der Waals surface area contributed by atoms with E-state index >= 15 is 0 Å². The van der Waals surface area contributed by atoms with Gasteiger partial charge in [-0.2, -0.15) is 0 Å². The summed E-state index contributed by atoms with van der Waals surface area (Å²) in [5, 5.41) is 0.328. The standard InChI is InChI=1S/C19H37IOSi.C2H4/c1-14(13-20)15-10-11-16-17(9-8-12-19(15,16)5)21-22(6,7)18(2,3)4;1-2/h14-17H,8-13H2,1-7H3;1-2H2/t14-,15+,16-,17?,19+;/m0./s1. The predicted molar refractivity (Wildman–Crippen MR) is 120 cm³/mol. The first-order valence-corrected chi connectivity index (χ1v) is 14.2. The summed E-state index contributed by atoms with van der Waals surface area (Å²) in [7, 11) is -1.64. The lowest BCUT2D eigenvalue weighted by Gasteiger charge is -2.49. The monoisotopic (exact) mass is 464 g/mol. The molecular formula is C21H41IOSi. The van der Waals surface area contributed by atoms with Crippen LogP contribution in [0.2, 0.25) is 18.1 Å². The number of hydrogen-bond donors (Lipinski definition) is 0. The molecule has 5 atom stereocenters. The van der Waals surface area contributed by atoms with E-state index in [4.69, 9.17) is 4.43 Å². The van der Waals surface area contributed by atoms with Crippen molar-refractivity contribution in [3.8, 4) is 0 Å². The lowest BCUT2D eigenvalue weighted by atomic mass is 9.62. The second-order valence-corrected chi connectivity index (χ2v) is 15.4. The highest BCUT2D eigenvalue weighted by molar-refractivity contribution is 14.1. The van der Waals surface area contributed by atoms with Crippen LogP contribution >= 0.6 is 22.6 Å². The van der Waals surface area contributed by atoms with Crippen molar-refractivity contribution in [1.29, 1.82) is 0 Å². The number of alkyl halides is 1. The van der Waals surface area contributed by atoms with Crippen LogP contribution in [0.15, 0.2) is 13.2 Å². The molecule has 1 unspecified atom stereocenters. The molecule has 3 heteroatoms. The molecule has 0 aromatic carbocycles. The van der Waals surface area contributed by atoms with Gasteiger partial charge in [0.25, 0.3) is 0 Å². The Balaban J connectivity index is 0.00000139. The minimum absolute atomic E-state index is 0.328. The summed E-state index contributed by atoms with van der Waals surface area (Å²) >= 11 is 2.59. The van der Waals surface area contributed by atoms with Gasteiger partial charge in [-0.15, -0.1) is 13.2 Å². The van der Waals surface area contributed by atoms with Crippen LogP contribution in [0, 0.1) is 23.2 Å². The average Bonchev–Trinajstić information content (AvgIpc) is 2.85. The van der Waals surface area contributed by atoms with Gasteiger partial charge in [0.05, 0.1) is 0 Å². The molecule has 0 aliphatic heterocycles. The fourth-order valence-electron chi connectivity index (χ4n) is 4.90. The summed E-state index contributed by atoms with van der Waals surface area (Å²) in [6.45, 7) is 23.0. The molecule has 0 N–H and O–H groups in total. The average molecular weight is 465 g/mol. The van der Waals surface area contributed by atoms with E-state index in [1.165, 1.54) is 36.5 Å². The molecule has 0 heterocycles. The van der Waals surface area contributed by atoms with Crippen LogP contribution < -0.4 is 0 Å². The van der Waals surface area contributed by atoms with Crippen LogP contribution in [-0.4, -0.2) is 18.8 Å². The highest BCUT2D eigenvalue weighted by Crippen LogP contribution is 2.59. The maximum absolute atomic E-state index is 6.92. The predicted octanol–water partition coefficient (Wildman–Crippen LogP) is 7.47. The van der Waals surface area contributed by atoms with Crippen LogP contribution in [-0.2, 0) is 4.43 Å². The van der Waals surface area contributed by atoms with E-state index in [1.54, 1.807) is 0 Å². The minimum Gasteiger partial charge on any atom is -0.414 e. The first-order chi connectivity index (χ1) is 11.0. The lowest BCUT2D eigenvalue weighted by molar-refractivity contribution is -0.0179.